The molecule has 0 spiro atoms. The van der Waals surface area contributed by atoms with E-state index in [1.807, 2.05) is 30.5 Å². The number of H-pyrrole nitrogens is 1. The molecule has 0 radical (unpaired) electrons. The highest BCUT2D eigenvalue weighted by atomic mass is 16.5. The Hall–Kier alpha value is -1.81. The van der Waals surface area contributed by atoms with Crippen molar-refractivity contribution >= 4 is 0 Å². The number of benzene rings is 1. The van der Waals surface area contributed by atoms with Gasteiger partial charge < -0.3 is 15.5 Å². The van der Waals surface area contributed by atoms with Gasteiger partial charge in [-0.15, -0.1) is 0 Å². The molecular formula is C16H23N3O. The number of nitrogens with one attached hydrogen (secondary N) is 1. The van der Waals surface area contributed by atoms with Gasteiger partial charge in [0.15, 0.2) is 0 Å². The van der Waals surface area contributed by atoms with Crippen LogP contribution in [-0.2, 0) is 0 Å². The number of imidazole rings is 1. The first-order valence-electron chi connectivity index (χ1n) is 7.28. The van der Waals surface area contributed by atoms with Gasteiger partial charge >= 0.3 is 0 Å². The Labute approximate surface area is 120 Å². The molecule has 2 rings (SSSR count). The summed E-state index contributed by atoms with van der Waals surface area (Å²) >= 11 is 0. The van der Waals surface area contributed by atoms with Gasteiger partial charge in [0.2, 0.25) is 0 Å². The molecule has 0 amide bonds. The van der Waals surface area contributed by atoms with E-state index in [9.17, 15) is 0 Å². The summed E-state index contributed by atoms with van der Waals surface area (Å²) in [5.41, 5.74) is 8.15. The van der Waals surface area contributed by atoms with Crippen LogP contribution in [0.1, 0.15) is 45.0 Å². The second-order valence-corrected chi connectivity index (χ2v) is 4.95. The third-order valence-corrected chi connectivity index (χ3v) is 3.18. The van der Waals surface area contributed by atoms with Crippen molar-refractivity contribution in [3.05, 3.63) is 36.3 Å². The molecule has 0 aliphatic rings. The van der Waals surface area contributed by atoms with Crippen molar-refractivity contribution in [1.29, 1.82) is 0 Å². The molecule has 3 N–H and O–H groups in total. The van der Waals surface area contributed by atoms with Crippen LogP contribution in [0.2, 0.25) is 0 Å². The number of aromatic nitrogens is 2. The van der Waals surface area contributed by atoms with Crippen LogP contribution in [0.15, 0.2) is 30.5 Å². The lowest BCUT2D eigenvalue weighted by atomic mass is 10.1. The monoisotopic (exact) mass is 273 g/mol. The molecular weight excluding hydrogens is 250 g/mol. The van der Waals surface area contributed by atoms with Crippen molar-refractivity contribution in [1.82, 2.24) is 9.97 Å². The van der Waals surface area contributed by atoms with E-state index in [1.54, 1.807) is 0 Å². The van der Waals surface area contributed by atoms with Gasteiger partial charge in [-0.05, 0) is 42.7 Å². The maximum Gasteiger partial charge on any atom is 0.123 e. The van der Waals surface area contributed by atoms with Gasteiger partial charge in [0, 0.05) is 0 Å². The molecule has 0 saturated carbocycles. The highest BCUT2D eigenvalue weighted by Gasteiger charge is 2.10. The topological polar surface area (TPSA) is 63.9 Å². The van der Waals surface area contributed by atoms with Crippen molar-refractivity contribution < 1.29 is 4.74 Å². The molecule has 1 aromatic heterocycles. The van der Waals surface area contributed by atoms with E-state index in [1.165, 1.54) is 0 Å². The Kier molecular flexibility index (Phi) is 5.18. The molecule has 108 valence electrons. The summed E-state index contributed by atoms with van der Waals surface area (Å²) in [6.45, 7) is 4.97. The van der Waals surface area contributed by atoms with Crippen LogP contribution >= 0.6 is 0 Å². The molecule has 1 aromatic carbocycles. The summed E-state index contributed by atoms with van der Waals surface area (Å²) in [4.78, 5) is 7.67. The van der Waals surface area contributed by atoms with E-state index < -0.39 is 0 Å². The van der Waals surface area contributed by atoms with Crippen molar-refractivity contribution in [2.24, 2.45) is 5.73 Å². The molecule has 0 aliphatic carbocycles. The van der Waals surface area contributed by atoms with Gasteiger partial charge in [-0.25, -0.2) is 4.98 Å². The summed E-state index contributed by atoms with van der Waals surface area (Å²) in [5, 5.41) is 0. The predicted octanol–water partition coefficient (Wildman–Crippen LogP) is 3.67. The normalized spacial score (nSPS) is 12.3. The van der Waals surface area contributed by atoms with E-state index in [-0.39, 0.29) is 6.04 Å². The summed E-state index contributed by atoms with van der Waals surface area (Å²) in [6.07, 6.45) is 4.85. The highest BCUT2D eigenvalue weighted by molar-refractivity contribution is 5.59. The first-order chi connectivity index (χ1) is 9.74. The number of rotatable bonds is 7. The zero-order valence-corrected chi connectivity index (χ0v) is 12.2. The highest BCUT2D eigenvalue weighted by Crippen LogP contribution is 2.22. The van der Waals surface area contributed by atoms with Crippen molar-refractivity contribution in [2.75, 3.05) is 6.61 Å². The quantitative estimate of drug-likeness (QED) is 0.809. The minimum atomic E-state index is -0.0130. The molecule has 0 fully saturated rings. The van der Waals surface area contributed by atoms with Crippen LogP contribution < -0.4 is 10.5 Å². The van der Waals surface area contributed by atoms with Crippen molar-refractivity contribution in [2.45, 2.75) is 39.2 Å². The fourth-order valence-electron chi connectivity index (χ4n) is 2.07. The molecule has 0 bridgehead atoms. The lowest BCUT2D eigenvalue weighted by molar-refractivity contribution is 0.317. The Bertz CT molecular complexity index is 519. The number of hydrogen-bond donors (Lipinski definition) is 2. The largest absolute Gasteiger partial charge is 0.494 e. The second-order valence-electron chi connectivity index (χ2n) is 4.95. The predicted molar refractivity (Wildman–Crippen MR) is 81.6 cm³/mol. The average Bonchev–Trinajstić information content (AvgIpc) is 2.96. The number of nitrogens with two attached hydrogens (primary N) is 1. The average molecular weight is 273 g/mol. The fourth-order valence-corrected chi connectivity index (χ4v) is 2.07. The zero-order valence-electron chi connectivity index (χ0n) is 12.2. The van der Waals surface area contributed by atoms with Crippen LogP contribution in [0, 0.1) is 0 Å². The third kappa shape index (κ3) is 3.61. The summed E-state index contributed by atoms with van der Waals surface area (Å²) in [6, 6.07) is 8.02. The first kappa shape index (κ1) is 14.6. The van der Waals surface area contributed by atoms with Crippen molar-refractivity contribution in [3.8, 4) is 17.0 Å². The first-order valence-corrected chi connectivity index (χ1v) is 7.28. The van der Waals surface area contributed by atoms with E-state index in [0.29, 0.717) is 0 Å². The second kappa shape index (κ2) is 7.10. The number of hydrogen-bond acceptors (Lipinski definition) is 3. The minimum Gasteiger partial charge on any atom is -0.494 e. The van der Waals surface area contributed by atoms with Gasteiger partial charge in [0.1, 0.15) is 11.6 Å². The maximum atomic E-state index is 6.06. The smallest absolute Gasteiger partial charge is 0.123 e. The molecule has 2 aromatic rings. The van der Waals surface area contributed by atoms with Gasteiger partial charge in [-0.3, -0.25) is 0 Å². The van der Waals surface area contributed by atoms with Crippen LogP contribution in [-0.4, -0.2) is 16.6 Å². The Balaban J connectivity index is 2.07. The molecule has 1 atom stereocenters. The zero-order chi connectivity index (χ0) is 14.4. The standard InChI is InChI=1S/C16H23N3O/c1-3-5-14(17)16-18-11-15(19-16)12-6-8-13(9-7-12)20-10-4-2/h6-9,11,14H,3-5,10,17H2,1-2H3,(H,18,19). The third-order valence-electron chi connectivity index (χ3n) is 3.18. The van der Waals surface area contributed by atoms with Gasteiger partial charge in [-0.1, -0.05) is 20.3 Å². The molecule has 0 saturated heterocycles. The number of aromatic amines is 1. The SMILES string of the molecule is CCCOc1ccc(-c2cnc(C(N)CCC)[nH]2)cc1. The lowest BCUT2D eigenvalue weighted by Crippen LogP contribution is -2.11. The molecule has 4 nitrogen and oxygen atoms in total. The van der Waals surface area contributed by atoms with E-state index in [0.717, 1.165) is 48.7 Å². The Morgan fingerprint density at radius 1 is 1.20 bits per heavy atom. The molecule has 20 heavy (non-hydrogen) atoms. The van der Waals surface area contributed by atoms with Gasteiger partial charge in [-0.2, -0.15) is 0 Å². The number of nitrogens with zero attached hydrogens (tertiary/aromatic N) is 1. The van der Waals surface area contributed by atoms with Crippen LogP contribution in [0.5, 0.6) is 5.75 Å². The van der Waals surface area contributed by atoms with Crippen LogP contribution in [0.4, 0.5) is 0 Å². The maximum absolute atomic E-state index is 6.06. The fraction of sp³-hybridized carbons (Fsp3) is 0.438. The van der Waals surface area contributed by atoms with E-state index >= 15 is 0 Å². The van der Waals surface area contributed by atoms with E-state index in [2.05, 4.69) is 23.8 Å². The Morgan fingerprint density at radius 2 is 1.95 bits per heavy atom. The minimum absolute atomic E-state index is 0.0130. The van der Waals surface area contributed by atoms with Gasteiger partial charge in [0.05, 0.1) is 24.5 Å². The number of ether oxygens (including phenoxy) is 1. The van der Waals surface area contributed by atoms with Crippen LogP contribution in [0.3, 0.4) is 0 Å². The van der Waals surface area contributed by atoms with Crippen molar-refractivity contribution in [3.63, 3.8) is 0 Å². The Morgan fingerprint density at radius 3 is 2.60 bits per heavy atom. The molecule has 1 heterocycles. The van der Waals surface area contributed by atoms with E-state index in [4.69, 9.17) is 10.5 Å². The summed E-state index contributed by atoms with van der Waals surface area (Å²) in [7, 11) is 0. The van der Waals surface area contributed by atoms with Crippen LogP contribution in [0.25, 0.3) is 11.3 Å². The molecule has 1 unspecified atom stereocenters. The van der Waals surface area contributed by atoms with Gasteiger partial charge in [0.25, 0.3) is 0 Å². The molecule has 4 heteroatoms. The lowest BCUT2D eigenvalue weighted by Gasteiger charge is -2.06. The molecule has 0 aliphatic heterocycles. The summed E-state index contributed by atoms with van der Waals surface area (Å²) in [5.74, 6) is 1.76. The summed E-state index contributed by atoms with van der Waals surface area (Å²) < 4.78 is 5.58.